The molecule has 2 rings (SSSR count). The highest BCUT2D eigenvalue weighted by molar-refractivity contribution is 6.29. The van der Waals surface area contributed by atoms with Crippen LogP contribution in [0, 0.1) is 0 Å². The molecule has 0 aromatic carbocycles. The van der Waals surface area contributed by atoms with E-state index in [2.05, 4.69) is 15.5 Å². The number of nitrogens with one attached hydrogen (secondary N) is 1. The monoisotopic (exact) mass is 235 g/mol. The van der Waals surface area contributed by atoms with Crippen LogP contribution < -0.4 is 10.1 Å². The van der Waals surface area contributed by atoms with E-state index in [9.17, 15) is 0 Å². The normalized spacial score (nSPS) is 20.2. The molecule has 78 valence electrons. The van der Waals surface area contributed by atoms with E-state index in [4.69, 9.17) is 16.3 Å². The fourth-order valence-corrected chi connectivity index (χ4v) is 1.37. The van der Waals surface area contributed by atoms with E-state index in [0.29, 0.717) is 11.0 Å². The fourth-order valence-electron chi connectivity index (χ4n) is 1.27. The van der Waals surface area contributed by atoms with E-state index in [-0.39, 0.29) is 18.5 Å². The van der Waals surface area contributed by atoms with Crippen molar-refractivity contribution < 1.29 is 4.74 Å². The summed E-state index contributed by atoms with van der Waals surface area (Å²) in [7, 11) is 0. The average molecular weight is 236 g/mol. The molecule has 0 saturated carbocycles. The van der Waals surface area contributed by atoms with E-state index in [1.165, 1.54) is 0 Å². The molecule has 1 saturated heterocycles. The highest BCUT2D eigenvalue weighted by Gasteiger charge is 2.16. The zero-order valence-electron chi connectivity index (χ0n) is 7.44. The van der Waals surface area contributed by atoms with Crippen molar-refractivity contribution in [3.63, 3.8) is 0 Å². The molecule has 14 heavy (non-hydrogen) atoms. The van der Waals surface area contributed by atoms with E-state index in [1.54, 1.807) is 12.1 Å². The number of nitrogens with zero attached hydrogens (tertiary/aromatic N) is 2. The summed E-state index contributed by atoms with van der Waals surface area (Å²) >= 11 is 5.59. The molecule has 0 spiro atoms. The van der Waals surface area contributed by atoms with Crippen LogP contribution in [0.3, 0.4) is 0 Å². The lowest BCUT2D eigenvalue weighted by atomic mass is 10.3. The van der Waals surface area contributed by atoms with Crippen LogP contribution in [-0.4, -0.2) is 29.4 Å². The van der Waals surface area contributed by atoms with Gasteiger partial charge in [0.1, 0.15) is 6.10 Å². The van der Waals surface area contributed by atoms with Crippen LogP contribution in [0.2, 0.25) is 5.15 Å². The Kier molecular flexibility index (Phi) is 4.38. The molecule has 1 N–H and O–H groups in total. The Morgan fingerprint density at radius 2 is 2.29 bits per heavy atom. The van der Waals surface area contributed by atoms with E-state index < -0.39 is 0 Å². The molecule has 1 atom stereocenters. The molecule has 0 aliphatic carbocycles. The lowest BCUT2D eigenvalue weighted by molar-refractivity contribution is 0.211. The minimum absolute atomic E-state index is 0. The number of aromatic nitrogens is 2. The van der Waals surface area contributed by atoms with Crippen molar-refractivity contribution >= 4 is 24.0 Å². The first-order valence-electron chi connectivity index (χ1n) is 4.21. The Hall–Kier alpha value is -0.580. The Bertz CT molecular complexity index is 274. The molecule has 1 fully saturated rings. The van der Waals surface area contributed by atoms with Crippen molar-refractivity contribution in [2.24, 2.45) is 0 Å². The Balaban J connectivity index is 0.000000980. The van der Waals surface area contributed by atoms with E-state index >= 15 is 0 Å². The third-order valence-corrected chi connectivity index (χ3v) is 2.11. The van der Waals surface area contributed by atoms with Gasteiger partial charge in [0.05, 0.1) is 0 Å². The van der Waals surface area contributed by atoms with Gasteiger partial charge in [-0.15, -0.1) is 22.6 Å². The average Bonchev–Trinajstić information content (AvgIpc) is 2.62. The second-order valence-corrected chi connectivity index (χ2v) is 3.31. The van der Waals surface area contributed by atoms with Gasteiger partial charge in [-0.1, -0.05) is 11.6 Å². The van der Waals surface area contributed by atoms with Gasteiger partial charge >= 0.3 is 0 Å². The summed E-state index contributed by atoms with van der Waals surface area (Å²) in [5.74, 6) is 0.540. The number of hydrogen-bond acceptors (Lipinski definition) is 4. The van der Waals surface area contributed by atoms with Crippen LogP contribution in [0.25, 0.3) is 0 Å². The molecule has 4 nitrogen and oxygen atoms in total. The van der Waals surface area contributed by atoms with Crippen LogP contribution in [0.5, 0.6) is 5.88 Å². The zero-order valence-corrected chi connectivity index (χ0v) is 9.01. The summed E-state index contributed by atoms with van der Waals surface area (Å²) in [4.78, 5) is 0. The predicted molar refractivity (Wildman–Crippen MR) is 56.2 cm³/mol. The first kappa shape index (κ1) is 11.5. The van der Waals surface area contributed by atoms with Gasteiger partial charge in [0.15, 0.2) is 5.15 Å². The molecule has 0 bridgehead atoms. The second kappa shape index (κ2) is 5.34. The summed E-state index contributed by atoms with van der Waals surface area (Å²) < 4.78 is 5.54. The standard InChI is InChI=1S/C8H10ClN3O.ClH/c9-7-1-2-8(12-11-7)13-6-3-4-10-5-6;/h1-2,6,10H,3-5H2;1H/t6-;/m1./s1. The largest absolute Gasteiger partial charge is 0.472 e. The smallest absolute Gasteiger partial charge is 0.233 e. The second-order valence-electron chi connectivity index (χ2n) is 2.93. The first-order valence-corrected chi connectivity index (χ1v) is 4.59. The minimum Gasteiger partial charge on any atom is -0.472 e. The maximum Gasteiger partial charge on any atom is 0.233 e. The molecule has 1 aliphatic rings. The van der Waals surface area contributed by atoms with Crippen LogP contribution in [0.15, 0.2) is 12.1 Å². The highest BCUT2D eigenvalue weighted by Crippen LogP contribution is 2.12. The summed E-state index contributed by atoms with van der Waals surface area (Å²) in [6.07, 6.45) is 1.24. The molecular weight excluding hydrogens is 225 g/mol. The third-order valence-electron chi connectivity index (χ3n) is 1.91. The van der Waals surface area contributed by atoms with Crippen molar-refractivity contribution in [3.8, 4) is 5.88 Å². The lowest BCUT2D eigenvalue weighted by Crippen LogP contribution is -2.20. The molecule has 6 heteroatoms. The Morgan fingerprint density at radius 3 is 2.86 bits per heavy atom. The number of ether oxygens (including phenoxy) is 1. The lowest BCUT2D eigenvalue weighted by Gasteiger charge is -2.09. The summed E-state index contributed by atoms with van der Waals surface area (Å²) in [5.41, 5.74) is 0. The maximum atomic E-state index is 5.59. The molecule has 1 aromatic rings. The van der Waals surface area contributed by atoms with Gasteiger partial charge in [-0.2, -0.15) is 0 Å². The molecule has 1 aliphatic heterocycles. The van der Waals surface area contributed by atoms with Crippen molar-refractivity contribution in [2.75, 3.05) is 13.1 Å². The van der Waals surface area contributed by atoms with Crippen LogP contribution in [-0.2, 0) is 0 Å². The van der Waals surface area contributed by atoms with Crippen molar-refractivity contribution in [2.45, 2.75) is 12.5 Å². The van der Waals surface area contributed by atoms with Crippen LogP contribution >= 0.6 is 24.0 Å². The Morgan fingerprint density at radius 1 is 1.43 bits per heavy atom. The van der Waals surface area contributed by atoms with Gasteiger partial charge in [0.25, 0.3) is 0 Å². The van der Waals surface area contributed by atoms with Gasteiger partial charge in [-0.3, -0.25) is 0 Å². The zero-order chi connectivity index (χ0) is 9.10. The highest BCUT2D eigenvalue weighted by atomic mass is 35.5. The maximum absolute atomic E-state index is 5.59. The van der Waals surface area contributed by atoms with Gasteiger partial charge in [-0.05, 0) is 19.0 Å². The number of halogens is 2. The summed E-state index contributed by atoms with van der Waals surface area (Å²) in [6.45, 7) is 1.88. The van der Waals surface area contributed by atoms with Crippen molar-refractivity contribution in [1.29, 1.82) is 0 Å². The first-order chi connectivity index (χ1) is 6.34. The number of hydrogen-bond donors (Lipinski definition) is 1. The molecule has 0 radical (unpaired) electrons. The molecule has 2 heterocycles. The predicted octanol–water partition coefficient (Wildman–Crippen LogP) is 1.29. The Labute approximate surface area is 93.4 Å². The van der Waals surface area contributed by atoms with Gasteiger partial charge in [0.2, 0.25) is 5.88 Å². The third kappa shape index (κ3) is 2.97. The minimum atomic E-state index is 0. The van der Waals surface area contributed by atoms with Gasteiger partial charge in [0, 0.05) is 12.6 Å². The van der Waals surface area contributed by atoms with Crippen LogP contribution in [0.4, 0.5) is 0 Å². The van der Waals surface area contributed by atoms with Gasteiger partial charge < -0.3 is 10.1 Å². The van der Waals surface area contributed by atoms with Gasteiger partial charge in [-0.25, -0.2) is 0 Å². The fraction of sp³-hybridized carbons (Fsp3) is 0.500. The van der Waals surface area contributed by atoms with E-state index in [1.807, 2.05) is 0 Å². The van der Waals surface area contributed by atoms with E-state index in [0.717, 1.165) is 19.5 Å². The SMILES string of the molecule is Cl.Clc1ccc(O[C@@H]2CCNC2)nn1. The number of rotatable bonds is 2. The quantitative estimate of drug-likeness (QED) is 0.840. The van der Waals surface area contributed by atoms with Crippen LogP contribution in [0.1, 0.15) is 6.42 Å². The summed E-state index contributed by atoms with van der Waals surface area (Å²) in [5, 5.41) is 11.1. The molecule has 0 amide bonds. The van der Waals surface area contributed by atoms with Crippen molar-refractivity contribution in [3.05, 3.63) is 17.3 Å². The molecular formula is C8H11Cl2N3O. The molecule has 1 aromatic heterocycles. The molecule has 0 unspecified atom stereocenters. The van der Waals surface area contributed by atoms with Crippen molar-refractivity contribution in [1.82, 2.24) is 15.5 Å². The topological polar surface area (TPSA) is 47.0 Å². The summed E-state index contributed by atoms with van der Waals surface area (Å²) in [6, 6.07) is 3.40.